The lowest BCUT2D eigenvalue weighted by Crippen LogP contribution is -2.36. The lowest BCUT2D eigenvalue weighted by molar-refractivity contribution is 0.386. The van der Waals surface area contributed by atoms with E-state index in [1.54, 1.807) is 6.07 Å². The van der Waals surface area contributed by atoms with Gasteiger partial charge in [-0.15, -0.1) is 0 Å². The van der Waals surface area contributed by atoms with Gasteiger partial charge in [0.2, 0.25) is 6.19 Å². The Morgan fingerprint density at radius 2 is 1.81 bits per heavy atom. The maximum Gasteiger partial charge on any atom is 0.207 e. The van der Waals surface area contributed by atoms with Crippen LogP contribution in [0.15, 0.2) is 41.4 Å². The van der Waals surface area contributed by atoms with Crippen LogP contribution in [0, 0.1) is 28.6 Å². The molecule has 5 heteroatoms. The molecule has 0 bridgehead atoms. The van der Waals surface area contributed by atoms with Crippen molar-refractivity contribution in [1.82, 2.24) is 0 Å². The van der Waals surface area contributed by atoms with Crippen LogP contribution in [0.4, 0.5) is 10.1 Å². The van der Waals surface area contributed by atoms with Gasteiger partial charge in [-0.1, -0.05) is 25.3 Å². The molecule has 0 radical (unpaired) electrons. The Bertz CT molecular complexity index is 988. The minimum atomic E-state index is -0.420. The van der Waals surface area contributed by atoms with Crippen LogP contribution in [0.5, 0.6) is 0 Å². The second kappa shape index (κ2) is 6.28. The molecule has 0 saturated heterocycles. The van der Waals surface area contributed by atoms with Crippen LogP contribution in [0.3, 0.4) is 0 Å². The first-order valence-electron chi connectivity index (χ1n) is 8.76. The zero-order chi connectivity index (χ0) is 18.1. The zero-order valence-electron chi connectivity index (χ0n) is 14.2. The molecule has 1 saturated carbocycles. The van der Waals surface area contributed by atoms with Crippen molar-refractivity contribution in [1.29, 1.82) is 10.5 Å². The highest BCUT2D eigenvalue weighted by Crippen LogP contribution is 2.49. The highest BCUT2D eigenvalue weighted by atomic mass is 19.1. The average Bonchev–Trinajstić information content (AvgIpc) is 2.94. The summed E-state index contributed by atoms with van der Waals surface area (Å²) in [5, 5.41) is 21.5. The van der Waals surface area contributed by atoms with Gasteiger partial charge in [0.1, 0.15) is 11.7 Å². The van der Waals surface area contributed by atoms with Crippen molar-refractivity contribution in [2.45, 2.75) is 37.5 Å². The molecular formula is C21H17FN4. The van der Waals surface area contributed by atoms with Crippen LogP contribution in [-0.2, 0) is 5.41 Å². The minimum Gasteiger partial charge on any atom is -0.342 e. The standard InChI is InChI=1S/C21H17FN4/c22-17-9-14(12-23)8-16(10-17)15-4-5-19-18(11-15)21(6-2-1-3-7-21)20(26-19)25-13-24/h4-5,8-11H,1-3,6-7H2,(H,25,26). The van der Waals surface area contributed by atoms with Gasteiger partial charge in [-0.2, -0.15) is 15.5 Å². The van der Waals surface area contributed by atoms with Crippen molar-refractivity contribution in [3.63, 3.8) is 0 Å². The predicted octanol–water partition coefficient (Wildman–Crippen LogP) is 4.87. The van der Waals surface area contributed by atoms with E-state index in [2.05, 4.69) is 16.4 Å². The molecule has 4 rings (SSSR count). The SMILES string of the molecule is N#C/N=C1\Nc2ccc(-c3cc(F)cc(C#N)c3)cc2C12CCCCC2. The van der Waals surface area contributed by atoms with Gasteiger partial charge in [0.05, 0.1) is 17.0 Å². The summed E-state index contributed by atoms with van der Waals surface area (Å²) in [6.07, 6.45) is 7.19. The van der Waals surface area contributed by atoms with Crippen LogP contribution < -0.4 is 5.32 Å². The third-order valence-electron chi connectivity index (χ3n) is 5.47. The van der Waals surface area contributed by atoms with Crippen molar-refractivity contribution in [3.05, 3.63) is 53.3 Å². The summed E-state index contributed by atoms with van der Waals surface area (Å²) in [5.41, 5.74) is 3.67. The fourth-order valence-corrected chi connectivity index (χ4v) is 4.27. The average molecular weight is 344 g/mol. The Kier molecular flexibility index (Phi) is 3.93. The van der Waals surface area contributed by atoms with Crippen molar-refractivity contribution >= 4 is 11.5 Å². The molecule has 0 atom stereocenters. The van der Waals surface area contributed by atoms with Crippen molar-refractivity contribution in [2.24, 2.45) is 4.99 Å². The molecule has 0 aromatic heterocycles. The van der Waals surface area contributed by atoms with E-state index < -0.39 is 5.82 Å². The summed E-state index contributed by atoms with van der Waals surface area (Å²) in [6.45, 7) is 0. The molecule has 1 aliphatic heterocycles. The molecule has 128 valence electrons. The molecule has 2 aliphatic rings. The largest absolute Gasteiger partial charge is 0.342 e. The van der Waals surface area contributed by atoms with Crippen LogP contribution >= 0.6 is 0 Å². The lowest BCUT2D eigenvalue weighted by atomic mass is 9.69. The third kappa shape index (κ3) is 2.53. The number of benzene rings is 2. The summed E-state index contributed by atoms with van der Waals surface area (Å²) < 4.78 is 13.9. The Labute approximate surface area is 151 Å². The van der Waals surface area contributed by atoms with Gasteiger partial charge in [-0.3, -0.25) is 0 Å². The molecule has 1 N–H and O–H groups in total. The lowest BCUT2D eigenvalue weighted by Gasteiger charge is -2.33. The number of rotatable bonds is 1. The van der Waals surface area contributed by atoms with E-state index in [1.165, 1.54) is 18.6 Å². The molecule has 2 aromatic rings. The first-order valence-corrected chi connectivity index (χ1v) is 8.76. The summed E-state index contributed by atoms with van der Waals surface area (Å²) in [7, 11) is 0. The van der Waals surface area contributed by atoms with E-state index >= 15 is 0 Å². The number of fused-ring (bicyclic) bond motifs is 2. The van der Waals surface area contributed by atoms with E-state index in [0.29, 0.717) is 11.1 Å². The molecule has 1 fully saturated rings. The fourth-order valence-electron chi connectivity index (χ4n) is 4.27. The molecule has 26 heavy (non-hydrogen) atoms. The zero-order valence-corrected chi connectivity index (χ0v) is 14.2. The van der Waals surface area contributed by atoms with E-state index in [9.17, 15) is 4.39 Å². The fraction of sp³-hybridized carbons (Fsp3) is 0.286. The third-order valence-corrected chi connectivity index (χ3v) is 5.47. The van der Waals surface area contributed by atoms with E-state index in [-0.39, 0.29) is 5.41 Å². The van der Waals surface area contributed by atoms with Gasteiger partial charge in [-0.25, -0.2) is 4.39 Å². The quantitative estimate of drug-likeness (QED) is 0.750. The minimum absolute atomic E-state index is 0.259. The normalized spacial score (nSPS) is 18.8. The predicted molar refractivity (Wildman–Crippen MR) is 98.0 cm³/mol. The summed E-state index contributed by atoms with van der Waals surface area (Å²) >= 11 is 0. The Hall–Kier alpha value is -3.18. The van der Waals surface area contributed by atoms with Gasteiger partial charge in [0, 0.05) is 5.69 Å². The Morgan fingerprint density at radius 1 is 1.00 bits per heavy atom. The van der Waals surface area contributed by atoms with Crippen molar-refractivity contribution in [2.75, 3.05) is 5.32 Å². The number of nitrogens with zero attached hydrogens (tertiary/aromatic N) is 3. The maximum absolute atomic E-state index is 13.9. The van der Waals surface area contributed by atoms with E-state index in [0.717, 1.165) is 48.3 Å². The number of halogens is 1. The van der Waals surface area contributed by atoms with E-state index in [1.807, 2.05) is 24.4 Å². The summed E-state index contributed by atoms with van der Waals surface area (Å²) in [5.74, 6) is 0.306. The van der Waals surface area contributed by atoms with Crippen molar-refractivity contribution in [3.8, 4) is 23.4 Å². The number of hydrogen-bond donors (Lipinski definition) is 1. The molecule has 0 unspecified atom stereocenters. The second-order valence-corrected chi connectivity index (χ2v) is 6.93. The summed E-state index contributed by atoms with van der Waals surface area (Å²) in [4.78, 5) is 4.07. The molecule has 1 heterocycles. The highest BCUT2D eigenvalue weighted by molar-refractivity contribution is 6.10. The first kappa shape index (κ1) is 16.3. The van der Waals surface area contributed by atoms with Gasteiger partial charge >= 0.3 is 0 Å². The number of nitrogens with one attached hydrogen (secondary N) is 1. The molecule has 0 amide bonds. The van der Waals surface area contributed by atoms with Crippen LogP contribution in [0.25, 0.3) is 11.1 Å². The van der Waals surface area contributed by atoms with Gasteiger partial charge in [-0.05, 0) is 59.9 Å². The molecule has 2 aromatic carbocycles. The van der Waals surface area contributed by atoms with E-state index in [4.69, 9.17) is 10.5 Å². The number of anilines is 1. The van der Waals surface area contributed by atoms with Crippen LogP contribution in [0.2, 0.25) is 0 Å². The number of nitriles is 2. The smallest absolute Gasteiger partial charge is 0.207 e. The topological polar surface area (TPSA) is 72.0 Å². The number of hydrogen-bond acceptors (Lipinski definition) is 3. The second-order valence-electron chi connectivity index (χ2n) is 6.93. The van der Waals surface area contributed by atoms with Crippen molar-refractivity contribution < 1.29 is 4.39 Å². The molecule has 4 nitrogen and oxygen atoms in total. The Morgan fingerprint density at radius 3 is 2.54 bits per heavy atom. The van der Waals surface area contributed by atoms with Crippen LogP contribution in [-0.4, -0.2) is 5.84 Å². The highest BCUT2D eigenvalue weighted by Gasteiger charge is 2.45. The number of aliphatic imine (C=N–C) groups is 1. The first-order chi connectivity index (χ1) is 12.7. The molecular weight excluding hydrogens is 327 g/mol. The van der Waals surface area contributed by atoms with Crippen LogP contribution in [0.1, 0.15) is 43.2 Å². The monoisotopic (exact) mass is 344 g/mol. The molecule has 1 spiro atoms. The summed E-state index contributed by atoms with van der Waals surface area (Å²) in [6, 6.07) is 12.3. The Balaban J connectivity index is 1.86. The maximum atomic E-state index is 13.9. The van der Waals surface area contributed by atoms with Gasteiger partial charge < -0.3 is 5.32 Å². The number of amidine groups is 1. The van der Waals surface area contributed by atoms with Gasteiger partial charge in [0.25, 0.3) is 0 Å². The van der Waals surface area contributed by atoms with Gasteiger partial charge in [0.15, 0.2) is 0 Å². The molecule has 1 aliphatic carbocycles.